The number of amides is 1. The van der Waals surface area contributed by atoms with Crippen molar-refractivity contribution in [1.29, 1.82) is 0 Å². The van der Waals surface area contributed by atoms with Crippen LogP contribution in [0.4, 0.5) is 5.69 Å². The molecule has 2 atom stereocenters. The van der Waals surface area contributed by atoms with Gasteiger partial charge in [-0.1, -0.05) is 10.2 Å². The highest BCUT2D eigenvalue weighted by Gasteiger charge is 2.33. The highest BCUT2D eigenvalue weighted by atomic mass is 16.3. The van der Waals surface area contributed by atoms with Crippen LogP contribution < -0.4 is 0 Å². The van der Waals surface area contributed by atoms with Gasteiger partial charge in [-0.3, -0.25) is 9.69 Å². The molecule has 10 nitrogen and oxygen atoms in total. The van der Waals surface area contributed by atoms with Crippen LogP contribution in [0.2, 0.25) is 0 Å². The van der Waals surface area contributed by atoms with E-state index in [1.165, 1.54) is 0 Å². The van der Waals surface area contributed by atoms with Gasteiger partial charge in [-0.25, -0.2) is 0 Å². The summed E-state index contributed by atoms with van der Waals surface area (Å²) in [6.45, 7) is 2.71. The Kier molecular flexibility index (Phi) is 6.16. The van der Waals surface area contributed by atoms with E-state index in [1.54, 1.807) is 23.1 Å². The van der Waals surface area contributed by atoms with Gasteiger partial charge >= 0.3 is 0 Å². The summed E-state index contributed by atoms with van der Waals surface area (Å²) < 4.78 is 0. The number of azide groups is 2. The summed E-state index contributed by atoms with van der Waals surface area (Å²) in [7, 11) is 0. The predicted molar refractivity (Wildman–Crippen MR) is 99.2 cm³/mol. The van der Waals surface area contributed by atoms with E-state index in [1.807, 2.05) is 0 Å². The number of aliphatic hydroxyl groups is 1. The Morgan fingerprint density at radius 1 is 1.15 bits per heavy atom. The molecule has 27 heavy (non-hydrogen) atoms. The SMILES string of the molecule is [N-]=[N+]=NCc1cc(N=[N+]=[N-])cc(C(=O)N2CCN([C@@H]3CCC[C@H]3O)CC2)c1. The molecule has 1 aromatic carbocycles. The van der Waals surface area contributed by atoms with Crippen LogP contribution in [0.3, 0.4) is 0 Å². The van der Waals surface area contributed by atoms with Gasteiger partial charge < -0.3 is 10.0 Å². The second-order valence-corrected chi connectivity index (χ2v) is 6.86. The second kappa shape index (κ2) is 8.75. The van der Waals surface area contributed by atoms with Gasteiger partial charge in [0.15, 0.2) is 0 Å². The van der Waals surface area contributed by atoms with Crippen molar-refractivity contribution in [2.75, 3.05) is 26.2 Å². The van der Waals surface area contributed by atoms with E-state index in [4.69, 9.17) is 11.1 Å². The molecule has 1 saturated carbocycles. The predicted octanol–water partition coefficient (Wildman–Crippen LogP) is 3.11. The fraction of sp³-hybridized carbons (Fsp3) is 0.588. The highest BCUT2D eigenvalue weighted by Crippen LogP contribution is 2.26. The number of nitrogens with zero attached hydrogens (tertiary/aromatic N) is 8. The molecule has 1 N–H and O–H groups in total. The third-order valence-electron chi connectivity index (χ3n) is 5.22. The van der Waals surface area contributed by atoms with E-state index in [0.29, 0.717) is 29.9 Å². The Morgan fingerprint density at radius 2 is 1.93 bits per heavy atom. The molecule has 1 aromatic rings. The monoisotopic (exact) mass is 370 g/mol. The number of carbonyl (C=O) groups excluding carboxylic acids is 1. The Hall–Kier alpha value is -2.77. The standard InChI is InChI=1S/C17H22N8O2/c18-22-20-11-12-8-13(10-14(9-12)21-23-19)17(27)25-6-4-24(5-7-25)15-2-1-3-16(15)26/h8-10,15-16,26H,1-7,11H2/t15-,16-/m1/s1. The molecule has 0 bridgehead atoms. The summed E-state index contributed by atoms with van der Waals surface area (Å²) in [5, 5.41) is 17.2. The molecule has 1 saturated heterocycles. The number of carbonyl (C=O) groups is 1. The van der Waals surface area contributed by atoms with E-state index < -0.39 is 0 Å². The van der Waals surface area contributed by atoms with E-state index in [0.717, 1.165) is 32.4 Å². The minimum Gasteiger partial charge on any atom is -0.391 e. The average Bonchev–Trinajstić information content (AvgIpc) is 3.12. The van der Waals surface area contributed by atoms with Crippen LogP contribution in [0.5, 0.6) is 0 Å². The van der Waals surface area contributed by atoms with Gasteiger partial charge in [0.05, 0.1) is 12.6 Å². The smallest absolute Gasteiger partial charge is 0.253 e. The van der Waals surface area contributed by atoms with Gasteiger partial charge in [-0.2, -0.15) is 0 Å². The van der Waals surface area contributed by atoms with Gasteiger partial charge in [0.2, 0.25) is 0 Å². The summed E-state index contributed by atoms with van der Waals surface area (Å²) in [5.74, 6) is -0.140. The Balaban J connectivity index is 1.71. The molecule has 1 amide bonds. The summed E-state index contributed by atoms with van der Waals surface area (Å²) >= 11 is 0. The van der Waals surface area contributed by atoms with Crippen LogP contribution in [-0.4, -0.2) is 59.1 Å². The first-order valence-corrected chi connectivity index (χ1v) is 9.03. The zero-order chi connectivity index (χ0) is 19.2. The van der Waals surface area contributed by atoms with Crippen LogP contribution in [0.25, 0.3) is 20.9 Å². The second-order valence-electron chi connectivity index (χ2n) is 6.86. The van der Waals surface area contributed by atoms with Gasteiger partial charge in [-0.05, 0) is 54.1 Å². The summed E-state index contributed by atoms with van der Waals surface area (Å²) in [5.41, 5.74) is 18.5. The molecule has 1 heterocycles. The number of piperazine rings is 1. The quantitative estimate of drug-likeness (QED) is 0.483. The Labute approximate surface area is 156 Å². The first kappa shape index (κ1) is 19.0. The Bertz CT molecular complexity index is 792. The van der Waals surface area contributed by atoms with Gasteiger partial charge in [0, 0.05) is 53.3 Å². The van der Waals surface area contributed by atoms with Crippen molar-refractivity contribution in [2.45, 2.75) is 38.0 Å². The van der Waals surface area contributed by atoms with Crippen LogP contribution in [0, 0.1) is 0 Å². The maximum Gasteiger partial charge on any atom is 0.253 e. The van der Waals surface area contributed by atoms with Crippen LogP contribution in [0.1, 0.15) is 35.2 Å². The van der Waals surface area contributed by atoms with E-state index in [-0.39, 0.29) is 24.6 Å². The summed E-state index contributed by atoms with van der Waals surface area (Å²) in [6, 6.07) is 5.02. The molecule has 0 aromatic heterocycles. The van der Waals surface area contributed by atoms with Gasteiger partial charge in [-0.15, -0.1) is 0 Å². The average molecular weight is 370 g/mol. The summed E-state index contributed by atoms with van der Waals surface area (Å²) in [4.78, 5) is 22.4. The number of hydrogen-bond donors (Lipinski definition) is 1. The van der Waals surface area contributed by atoms with E-state index in [2.05, 4.69) is 25.0 Å². The van der Waals surface area contributed by atoms with Crippen molar-refractivity contribution >= 4 is 11.6 Å². The molecule has 0 unspecified atom stereocenters. The van der Waals surface area contributed by atoms with Crippen LogP contribution in [-0.2, 0) is 6.54 Å². The number of benzene rings is 1. The molecule has 142 valence electrons. The molecule has 1 aliphatic carbocycles. The third kappa shape index (κ3) is 4.50. The number of aliphatic hydroxyl groups excluding tert-OH is 1. The van der Waals surface area contributed by atoms with Crippen molar-refractivity contribution in [3.8, 4) is 0 Å². The first-order valence-electron chi connectivity index (χ1n) is 9.03. The lowest BCUT2D eigenvalue weighted by atomic mass is 10.1. The zero-order valence-electron chi connectivity index (χ0n) is 15.0. The van der Waals surface area contributed by atoms with Crippen molar-refractivity contribution in [1.82, 2.24) is 9.80 Å². The largest absolute Gasteiger partial charge is 0.391 e. The van der Waals surface area contributed by atoms with Crippen LogP contribution >= 0.6 is 0 Å². The lowest BCUT2D eigenvalue weighted by molar-refractivity contribution is 0.0315. The van der Waals surface area contributed by atoms with Crippen LogP contribution in [0.15, 0.2) is 28.4 Å². The molecule has 2 aliphatic rings. The molecule has 0 radical (unpaired) electrons. The fourth-order valence-electron chi connectivity index (χ4n) is 3.90. The van der Waals surface area contributed by atoms with Crippen molar-refractivity contribution in [2.24, 2.45) is 10.2 Å². The maximum atomic E-state index is 12.9. The zero-order valence-corrected chi connectivity index (χ0v) is 15.0. The molecular formula is C17H22N8O2. The lowest BCUT2D eigenvalue weighted by Gasteiger charge is -2.39. The third-order valence-corrected chi connectivity index (χ3v) is 5.22. The highest BCUT2D eigenvalue weighted by molar-refractivity contribution is 5.95. The van der Waals surface area contributed by atoms with E-state index in [9.17, 15) is 9.90 Å². The first-order chi connectivity index (χ1) is 13.1. The summed E-state index contributed by atoms with van der Waals surface area (Å²) in [6.07, 6.45) is 2.64. The minimum absolute atomic E-state index is 0.0823. The normalized spacial score (nSPS) is 22.8. The minimum atomic E-state index is -0.268. The maximum absolute atomic E-state index is 12.9. The van der Waals surface area contributed by atoms with Crippen molar-refractivity contribution in [3.63, 3.8) is 0 Å². The molecule has 10 heteroatoms. The molecule has 3 rings (SSSR count). The topological polar surface area (TPSA) is 141 Å². The van der Waals surface area contributed by atoms with Crippen molar-refractivity contribution in [3.05, 3.63) is 50.2 Å². The molecular weight excluding hydrogens is 348 g/mol. The molecule has 2 fully saturated rings. The lowest BCUT2D eigenvalue weighted by Crippen LogP contribution is -2.53. The van der Waals surface area contributed by atoms with E-state index >= 15 is 0 Å². The number of rotatable bonds is 5. The van der Waals surface area contributed by atoms with Gasteiger partial charge in [0.1, 0.15) is 0 Å². The fourth-order valence-corrected chi connectivity index (χ4v) is 3.90. The van der Waals surface area contributed by atoms with Crippen molar-refractivity contribution < 1.29 is 9.90 Å². The van der Waals surface area contributed by atoms with Gasteiger partial charge in [0.25, 0.3) is 5.91 Å². The molecule has 0 spiro atoms. The molecule has 1 aliphatic heterocycles. The Morgan fingerprint density at radius 3 is 2.56 bits per heavy atom. The number of hydrogen-bond acceptors (Lipinski definition) is 5.